The standard InChI is InChI=1S/C5H9OS/c6-3-5-1-2-7-4-5/h5H,1-4H2. The monoisotopic (exact) mass is 117 g/mol. The number of thioether (sulfide) groups is 1. The normalized spacial score (nSPS) is 31.3. The Balaban J connectivity index is 2.14. The van der Waals surface area contributed by atoms with Gasteiger partial charge in [0.15, 0.2) is 0 Å². The van der Waals surface area contributed by atoms with Crippen molar-refractivity contribution < 1.29 is 5.11 Å². The minimum Gasteiger partial charge on any atom is -0.236 e. The van der Waals surface area contributed by atoms with E-state index in [1.165, 1.54) is 5.75 Å². The summed E-state index contributed by atoms with van der Waals surface area (Å²) in [4.78, 5) is 0. The molecule has 1 fully saturated rings. The summed E-state index contributed by atoms with van der Waals surface area (Å²) >= 11 is 1.91. The van der Waals surface area contributed by atoms with Crippen LogP contribution in [0.2, 0.25) is 0 Å². The third-order valence-corrected chi connectivity index (χ3v) is 2.49. The van der Waals surface area contributed by atoms with Gasteiger partial charge in [-0.25, -0.2) is 5.11 Å². The summed E-state index contributed by atoms with van der Waals surface area (Å²) in [6, 6.07) is 0. The maximum Gasteiger partial charge on any atom is 0.0858 e. The minimum absolute atomic E-state index is 0.146. The van der Waals surface area contributed by atoms with Crippen LogP contribution in [0.5, 0.6) is 0 Å². The number of hydrogen-bond acceptors (Lipinski definition) is 1. The molecule has 1 aliphatic heterocycles. The summed E-state index contributed by atoms with van der Waals surface area (Å²) in [7, 11) is 0. The Bertz CT molecular complexity index is 50.0. The van der Waals surface area contributed by atoms with Crippen LogP contribution in [0.4, 0.5) is 0 Å². The SMILES string of the molecule is [O]CC1CCSC1. The van der Waals surface area contributed by atoms with Crippen LogP contribution in [0.3, 0.4) is 0 Å². The van der Waals surface area contributed by atoms with Crippen molar-refractivity contribution in [3.63, 3.8) is 0 Å². The van der Waals surface area contributed by atoms with E-state index in [9.17, 15) is 5.11 Å². The molecule has 0 aliphatic carbocycles. The van der Waals surface area contributed by atoms with Gasteiger partial charge in [-0.15, -0.1) is 0 Å². The first-order chi connectivity index (χ1) is 3.43. The van der Waals surface area contributed by atoms with Crippen LogP contribution in [0.1, 0.15) is 6.42 Å². The van der Waals surface area contributed by atoms with E-state index >= 15 is 0 Å². The van der Waals surface area contributed by atoms with Gasteiger partial charge in [-0.05, 0) is 23.8 Å². The number of hydrogen-bond donors (Lipinski definition) is 0. The molecule has 1 unspecified atom stereocenters. The average Bonchev–Trinajstić information content (AvgIpc) is 2.14. The molecule has 1 rings (SSSR count). The van der Waals surface area contributed by atoms with Crippen LogP contribution in [0.15, 0.2) is 0 Å². The molecule has 0 bridgehead atoms. The zero-order valence-corrected chi connectivity index (χ0v) is 5.04. The second-order valence-corrected chi connectivity index (χ2v) is 3.05. The molecule has 0 aromatic rings. The van der Waals surface area contributed by atoms with Crippen molar-refractivity contribution in [3.8, 4) is 0 Å². The van der Waals surface area contributed by atoms with Crippen molar-refractivity contribution in [2.45, 2.75) is 6.42 Å². The van der Waals surface area contributed by atoms with E-state index in [-0.39, 0.29) is 6.61 Å². The van der Waals surface area contributed by atoms with Gasteiger partial charge in [0.05, 0.1) is 6.61 Å². The van der Waals surface area contributed by atoms with Gasteiger partial charge in [-0.1, -0.05) is 0 Å². The molecule has 0 N–H and O–H groups in total. The second-order valence-electron chi connectivity index (χ2n) is 1.90. The molecular formula is C5H9OS. The maximum atomic E-state index is 10.1. The molecule has 1 nitrogen and oxygen atoms in total. The molecule has 41 valence electrons. The van der Waals surface area contributed by atoms with Crippen LogP contribution in [-0.2, 0) is 5.11 Å². The van der Waals surface area contributed by atoms with Crippen LogP contribution in [0.25, 0.3) is 0 Å². The van der Waals surface area contributed by atoms with Crippen molar-refractivity contribution in [1.82, 2.24) is 0 Å². The molecule has 0 amide bonds. The summed E-state index contributed by atoms with van der Waals surface area (Å²) < 4.78 is 0. The first kappa shape index (κ1) is 5.45. The first-order valence-corrected chi connectivity index (χ1v) is 3.75. The first-order valence-electron chi connectivity index (χ1n) is 2.59. The van der Waals surface area contributed by atoms with Crippen molar-refractivity contribution in [2.24, 2.45) is 5.92 Å². The highest BCUT2D eigenvalue weighted by molar-refractivity contribution is 7.99. The van der Waals surface area contributed by atoms with Gasteiger partial charge in [-0.2, -0.15) is 11.8 Å². The lowest BCUT2D eigenvalue weighted by Crippen LogP contribution is -2.00. The molecular weight excluding hydrogens is 108 g/mol. The van der Waals surface area contributed by atoms with Gasteiger partial charge in [0, 0.05) is 0 Å². The largest absolute Gasteiger partial charge is 0.236 e. The van der Waals surface area contributed by atoms with Gasteiger partial charge < -0.3 is 0 Å². The Morgan fingerprint density at radius 2 is 2.57 bits per heavy atom. The van der Waals surface area contributed by atoms with E-state index in [1.807, 2.05) is 11.8 Å². The fourth-order valence-electron chi connectivity index (χ4n) is 0.715. The molecule has 0 aromatic heterocycles. The van der Waals surface area contributed by atoms with Crippen molar-refractivity contribution in [1.29, 1.82) is 0 Å². The van der Waals surface area contributed by atoms with Crippen molar-refractivity contribution >= 4 is 11.8 Å². The average molecular weight is 117 g/mol. The molecule has 1 atom stereocenters. The van der Waals surface area contributed by atoms with Gasteiger partial charge in [0.25, 0.3) is 0 Å². The van der Waals surface area contributed by atoms with Crippen LogP contribution in [-0.4, -0.2) is 18.1 Å². The van der Waals surface area contributed by atoms with E-state index in [1.54, 1.807) is 0 Å². The molecule has 0 aromatic carbocycles. The fourth-order valence-corrected chi connectivity index (χ4v) is 1.98. The highest BCUT2D eigenvalue weighted by Gasteiger charge is 2.13. The molecule has 1 aliphatic rings. The Kier molecular flexibility index (Phi) is 2.00. The molecule has 1 radical (unpaired) electrons. The van der Waals surface area contributed by atoms with E-state index in [0.29, 0.717) is 5.92 Å². The van der Waals surface area contributed by atoms with Crippen LogP contribution < -0.4 is 0 Å². The Morgan fingerprint density at radius 1 is 1.71 bits per heavy atom. The Hall–Kier alpha value is 0.310. The highest BCUT2D eigenvalue weighted by atomic mass is 32.2. The van der Waals surface area contributed by atoms with Crippen LogP contribution in [0, 0.1) is 5.92 Å². The third-order valence-electron chi connectivity index (χ3n) is 1.26. The number of rotatable bonds is 1. The molecule has 2 heteroatoms. The minimum atomic E-state index is 0.146. The van der Waals surface area contributed by atoms with Gasteiger partial charge in [-0.3, -0.25) is 0 Å². The quantitative estimate of drug-likeness (QED) is 0.504. The summed E-state index contributed by atoms with van der Waals surface area (Å²) in [6.07, 6.45) is 1.16. The summed E-state index contributed by atoms with van der Waals surface area (Å²) in [5, 5.41) is 10.1. The summed E-state index contributed by atoms with van der Waals surface area (Å²) in [5.41, 5.74) is 0. The summed E-state index contributed by atoms with van der Waals surface area (Å²) in [5.74, 6) is 2.83. The molecule has 1 heterocycles. The molecule has 7 heavy (non-hydrogen) atoms. The Morgan fingerprint density at radius 3 is 2.86 bits per heavy atom. The van der Waals surface area contributed by atoms with Gasteiger partial charge in [0.1, 0.15) is 0 Å². The topological polar surface area (TPSA) is 19.9 Å². The van der Waals surface area contributed by atoms with E-state index in [0.717, 1.165) is 12.2 Å². The summed E-state index contributed by atoms with van der Waals surface area (Å²) in [6.45, 7) is 0.146. The highest BCUT2D eigenvalue weighted by Crippen LogP contribution is 2.22. The lowest BCUT2D eigenvalue weighted by Gasteiger charge is -1.95. The maximum absolute atomic E-state index is 10.1. The van der Waals surface area contributed by atoms with E-state index < -0.39 is 0 Å². The van der Waals surface area contributed by atoms with Crippen LogP contribution >= 0.6 is 11.8 Å². The predicted octanol–water partition coefficient (Wildman–Crippen LogP) is 1.17. The van der Waals surface area contributed by atoms with Gasteiger partial charge >= 0.3 is 0 Å². The zero-order chi connectivity index (χ0) is 5.11. The molecule has 0 saturated carbocycles. The molecule has 0 spiro atoms. The Labute approximate surface area is 48.1 Å². The third kappa shape index (κ3) is 1.35. The smallest absolute Gasteiger partial charge is 0.0858 e. The van der Waals surface area contributed by atoms with E-state index in [2.05, 4.69) is 0 Å². The zero-order valence-electron chi connectivity index (χ0n) is 4.22. The van der Waals surface area contributed by atoms with Gasteiger partial charge in [0.2, 0.25) is 0 Å². The lowest BCUT2D eigenvalue weighted by molar-refractivity contribution is 0.154. The fraction of sp³-hybridized carbons (Fsp3) is 1.00. The molecule has 1 saturated heterocycles. The van der Waals surface area contributed by atoms with Crippen molar-refractivity contribution in [2.75, 3.05) is 18.1 Å². The van der Waals surface area contributed by atoms with E-state index in [4.69, 9.17) is 0 Å². The predicted molar refractivity (Wildman–Crippen MR) is 31.0 cm³/mol. The second kappa shape index (κ2) is 2.58. The van der Waals surface area contributed by atoms with Crippen molar-refractivity contribution in [3.05, 3.63) is 0 Å². The lowest BCUT2D eigenvalue weighted by atomic mass is 10.1.